The Labute approximate surface area is 211 Å². The standard InChI is InChI=1S/C23H19ClF3N5O5/c1-10-7-13(30-20(34)18(33)11-3-2-4-12(24)8-11)5-6-14(10)16-17-19(28)29-9-15(22(25,26)27)32(17)21(31-16)23(35,36)37/h2-9,18,33,35-37H,1H3,(H2,28,29)(H,30,34). The van der Waals surface area contributed by atoms with Crippen LogP contribution in [0.15, 0.2) is 48.7 Å². The highest BCUT2D eigenvalue weighted by Crippen LogP contribution is 2.38. The number of halogens is 4. The topological polar surface area (TPSA) is 166 Å². The summed E-state index contributed by atoms with van der Waals surface area (Å²) in [7, 11) is 0. The molecule has 0 radical (unpaired) electrons. The minimum atomic E-state index is -5.01. The zero-order chi connectivity index (χ0) is 27.3. The Balaban J connectivity index is 1.77. The number of nitrogens with zero attached hydrogens (tertiary/aromatic N) is 3. The fourth-order valence-corrected chi connectivity index (χ4v) is 4.00. The van der Waals surface area contributed by atoms with Gasteiger partial charge in [0.2, 0.25) is 5.82 Å². The Morgan fingerprint density at radius 3 is 2.46 bits per heavy atom. The lowest BCUT2D eigenvalue weighted by Gasteiger charge is -2.16. The number of imidazole rings is 1. The first-order chi connectivity index (χ1) is 17.2. The predicted molar refractivity (Wildman–Crippen MR) is 126 cm³/mol. The molecular formula is C23H19ClF3N5O5. The van der Waals surface area contributed by atoms with Crippen molar-refractivity contribution in [3.63, 3.8) is 0 Å². The summed E-state index contributed by atoms with van der Waals surface area (Å²) in [6.45, 7) is 1.55. The molecule has 0 aliphatic heterocycles. The number of carbonyl (C=O) groups is 1. The van der Waals surface area contributed by atoms with Crippen molar-refractivity contribution < 1.29 is 38.4 Å². The number of anilines is 2. The Bertz CT molecular complexity index is 1520. The lowest BCUT2D eigenvalue weighted by molar-refractivity contribution is -0.329. The number of benzene rings is 2. The van der Waals surface area contributed by atoms with Gasteiger partial charge in [0.05, 0.1) is 6.20 Å². The average Bonchev–Trinajstić information content (AvgIpc) is 3.19. The van der Waals surface area contributed by atoms with Gasteiger partial charge in [-0.1, -0.05) is 29.8 Å². The molecule has 0 saturated heterocycles. The van der Waals surface area contributed by atoms with Crippen LogP contribution in [0.25, 0.3) is 16.8 Å². The fourth-order valence-electron chi connectivity index (χ4n) is 3.80. The molecule has 14 heteroatoms. The molecule has 2 heterocycles. The van der Waals surface area contributed by atoms with Crippen LogP contribution in [0, 0.1) is 6.92 Å². The second-order valence-corrected chi connectivity index (χ2v) is 8.54. The maximum absolute atomic E-state index is 13.7. The molecule has 0 aliphatic rings. The number of alkyl halides is 3. The van der Waals surface area contributed by atoms with E-state index in [1.165, 1.54) is 30.3 Å². The molecule has 0 spiro atoms. The van der Waals surface area contributed by atoms with Crippen molar-refractivity contribution in [2.45, 2.75) is 25.2 Å². The van der Waals surface area contributed by atoms with E-state index >= 15 is 0 Å². The number of fused-ring (bicyclic) bond motifs is 1. The van der Waals surface area contributed by atoms with Gasteiger partial charge in [-0.25, -0.2) is 9.97 Å². The predicted octanol–water partition coefficient (Wildman–Crippen LogP) is 2.72. The fraction of sp³-hybridized carbons (Fsp3) is 0.174. The first kappa shape index (κ1) is 26.3. The van der Waals surface area contributed by atoms with Gasteiger partial charge in [0.1, 0.15) is 22.7 Å². The molecule has 194 valence electrons. The number of nitrogens with two attached hydrogens (primary N) is 1. The molecule has 0 saturated carbocycles. The number of aromatic nitrogens is 3. The van der Waals surface area contributed by atoms with Crippen molar-refractivity contribution in [1.29, 1.82) is 0 Å². The van der Waals surface area contributed by atoms with Crippen molar-refractivity contribution in [2.75, 3.05) is 11.1 Å². The van der Waals surface area contributed by atoms with Crippen LogP contribution in [0.4, 0.5) is 24.7 Å². The number of aryl methyl sites for hydroxylation is 1. The lowest BCUT2D eigenvalue weighted by atomic mass is 10.0. The van der Waals surface area contributed by atoms with Crippen molar-refractivity contribution in [3.05, 3.63) is 76.3 Å². The van der Waals surface area contributed by atoms with Crippen LogP contribution in [-0.4, -0.2) is 40.7 Å². The normalized spacial score (nSPS) is 13.1. The molecule has 0 bridgehead atoms. The van der Waals surface area contributed by atoms with Crippen LogP contribution >= 0.6 is 11.6 Å². The van der Waals surface area contributed by atoms with Gasteiger partial charge in [0.25, 0.3) is 5.91 Å². The van der Waals surface area contributed by atoms with E-state index < -0.39 is 47.0 Å². The molecule has 7 N–H and O–H groups in total. The number of aliphatic hydroxyl groups is 4. The molecule has 4 rings (SSSR count). The summed E-state index contributed by atoms with van der Waals surface area (Å²) in [5, 5.41) is 42.4. The zero-order valence-corrected chi connectivity index (χ0v) is 19.6. The van der Waals surface area contributed by atoms with E-state index in [0.717, 1.165) is 0 Å². The molecule has 0 aliphatic carbocycles. The average molecular weight is 538 g/mol. The molecule has 4 aromatic rings. The molecule has 2 aromatic heterocycles. The van der Waals surface area contributed by atoms with Crippen LogP contribution in [-0.2, 0) is 16.9 Å². The zero-order valence-electron chi connectivity index (χ0n) is 18.8. The molecule has 0 fully saturated rings. The van der Waals surface area contributed by atoms with Crippen LogP contribution < -0.4 is 11.1 Å². The molecule has 37 heavy (non-hydrogen) atoms. The highest BCUT2D eigenvalue weighted by Gasteiger charge is 2.40. The third-order valence-corrected chi connectivity index (χ3v) is 5.67. The van der Waals surface area contributed by atoms with E-state index in [9.17, 15) is 38.4 Å². The largest absolute Gasteiger partial charge is 0.433 e. The molecule has 2 aromatic carbocycles. The molecule has 10 nitrogen and oxygen atoms in total. The maximum atomic E-state index is 13.7. The number of rotatable bonds is 5. The van der Waals surface area contributed by atoms with Gasteiger partial charge in [-0.15, -0.1) is 0 Å². The van der Waals surface area contributed by atoms with Crippen molar-refractivity contribution in [2.24, 2.45) is 0 Å². The van der Waals surface area contributed by atoms with E-state index in [2.05, 4.69) is 15.3 Å². The quantitative estimate of drug-likeness (QED) is 0.211. The lowest BCUT2D eigenvalue weighted by Crippen LogP contribution is -2.29. The van der Waals surface area contributed by atoms with E-state index in [1.807, 2.05) is 0 Å². The van der Waals surface area contributed by atoms with Crippen LogP contribution in [0.2, 0.25) is 5.02 Å². The molecule has 1 amide bonds. The van der Waals surface area contributed by atoms with Gasteiger partial charge in [0, 0.05) is 16.3 Å². The first-order valence-corrected chi connectivity index (χ1v) is 10.8. The summed E-state index contributed by atoms with van der Waals surface area (Å²) >= 11 is 5.89. The van der Waals surface area contributed by atoms with E-state index in [1.54, 1.807) is 19.1 Å². The molecular weight excluding hydrogens is 519 g/mol. The number of nitrogens with one attached hydrogen (secondary N) is 1. The minimum Gasteiger partial charge on any atom is -0.382 e. The monoisotopic (exact) mass is 537 g/mol. The number of carbonyl (C=O) groups excluding carboxylic acids is 1. The first-order valence-electron chi connectivity index (χ1n) is 10.5. The second kappa shape index (κ2) is 9.28. The molecule has 1 unspecified atom stereocenters. The van der Waals surface area contributed by atoms with Crippen LogP contribution in [0.1, 0.15) is 28.7 Å². The van der Waals surface area contributed by atoms with E-state index in [0.29, 0.717) is 16.8 Å². The summed E-state index contributed by atoms with van der Waals surface area (Å²) < 4.78 is 41.2. The highest BCUT2D eigenvalue weighted by atomic mass is 35.5. The van der Waals surface area contributed by atoms with Crippen molar-refractivity contribution in [3.8, 4) is 11.3 Å². The molecule has 1 atom stereocenters. The van der Waals surface area contributed by atoms with Gasteiger partial charge < -0.3 is 31.5 Å². The highest BCUT2D eigenvalue weighted by molar-refractivity contribution is 6.30. The SMILES string of the molecule is Cc1cc(NC(=O)C(O)c2cccc(Cl)c2)ccc1-c1nc(C(O)(O)O)n2c(C(F)(F)F)cnc(N)c12. The smallest absolute Gasteiger partial charge is 0.382 e. The Morgan fingerprint density at radius 1 is 1.16 bits per heavy atom. The van der Waals surface area contributed by atoms with Crippen LogP contribution in [0.3, 0.4) is 0 Å². The Kier molecular flexibility index (Phi) is 6.60. The van der Waals surface area contributed by atoms with E-state index in [-0.39, 0.29) is 26.9 Å². The summed E-state index contributed by atoms with van der Waals surface area (Å²) in [4.78, 5) is 19.9. The van der Waals surface area contributed by atoms with Gasteiger partial charge in [-0.2, -0.15) is 13.2 Å². The van der Waals surface area contributed by atoms with Crippen LogP contribution in [0.5, 0.6) is 0 Å². The van der Waals surface area contributed by atoms with Crippen molar-refractivity contribution >= 4 is 34.5 Å². The number of hydrogen-bond donors (Lipinski definition) is 6. The van der Waals surface area contributed by atoms with Gasteiger partial charge in [-0.3, -0.25) is 9.20 Å². The number of hydrogen-bond acceptors (Lipinski definition) is 8. The van der Waals surface area contributed by atoms with Gasteiger partial charge in [0.15, 0.2) is 6.10 Å². The Morgan fingerprint density at radius 2 is 1.86 bits per heavy atom. The minimum absolute atomic E-state index is 0.189. The summed E-state index contributed by atoms with van der Waals surface area (Å²) in [6.07, 6.45) is -6.17. The van der Waals surface area contributed by atoms with E-state index in [4.69, 9.17) is 17.3 Å². The number of amides is 1. The number of aliphatic hydroxyl groups excluding tert-OH is 1. The number of nitrogen functional groups attached to an aromatic ring is 1. The third-order valence-electron chi connectivity index (χ3n) is 5.44. The van der Waals surface area contributed by atoms with Gasteiger partial charge in [-0.05, 0) is 42.3 Å². The maximum Gasteiger partial charge on any atom is 0.433 e. The summed E-state index contributed by atoms with van der Waals surface area (Å²) in [5.74, 6) is -6.08. The van der Waals surface area contributed by atoms with Gasteiger partial charge >= 0.3 is 12.1 Å². The second-order valence-electron chi connectivity index (χ2n) is 8.11. The van der Waals surface area contributed by atoms with Crippen molar-refractivity contribution in [1.82, 2.24) is 14.4 Å². The Hall–Kier alpha value is -3.75. The summed E-state index contributed by atoms with van der Waals surface area (Å²) in [5.41, 5.74) is 4.77. The third kappa shape index (κ3) is 5.08. The summed E-state index contributed by atoms with van der Waals surface area (Å²) in [6, 6.07) is 10.3.